The van der Waals surface area contributed by atoms with Crippen LogP contribution >= 0.6 is 0 Å². The zero-order valence-corrected chi connectivity index (χ0v) is 20.6. The van der Waals surface area contributed by atoms with Crippen LogP contribution in [0.2, 0.25) is 0 Å². The highest BCUT2D eigenvalue weighted by Crippen LogP contribution is 2.23. The first-order valence-electron chi connectivity index (χ1n) is 11.3. The van der Waals surface area contributed by atoms with E-state index in [0.29, 0.717) is 22.5 Å². The van der Waals surface area contributed by atoms with Crippen LogP contribution in [0, 0.1) is 13.8 Å². The van der Waals surface area contributed by atoms with Gasteiger partial charge in [0.15, 0.2) is 0 Å². The normalized spacial score (nSPS) is 10.3. The molecule has 186 valence electrons. The molecule has 0 aliphatic heterocycles. The Morgan fingerprint density at radius 3 is 1.42 bits per heavy atom. The molecule has 0 radical (unpaired) electrons. The standard InChI is InChI=1S/C28H28N2O6/c1-17-8-5-12-23(25(17)29-19(3)31)27(33)35-15-21-10-7-11-22(14-21)16-36-28(34)24-13-6-9-18(2)26(24)30-20(4)32/h5-14H,15-16H2,1-4H3,(H,29,31)(H,30,32). The lowest BCUT2D eigenvalue weighted by molar-refractivity contribution is -0.115. The molecule has 8 nitrogen and oxygen atoms in total. The van der Waals surface area contributed by atoms with Gasteiger partial charge in [0.25, 0.3) is 0 Å². The largest absolute Gasteiger partial charge is 0.457 e. The minimum absolute atomic E-state index is 0.00136. The average Bonchev–Trinajstić information content (AvgIpc) is 2.83. The smallest absolute Gasteiger partial charge is 0.340 e. The van der Waals surface area contributed by atoms with Crippen molar-refractivity contribution in [1.82, 2.24) is 0 Å². The first-order chi connectivity index (χ1) is 17.2. The lowest BCUT2D eigenvalue weighted by Crippen LogP contribution is -2.14. The number of hydrogen-bond donors (Lipinski definition) is 2. The number of para-hydroxylation sites is 2. The lowest BCUT2D eigenvalue weighted by Gasteiger charge is -2.13. The van der Waals surface area contributed by atoms with Crippen molar-refractivity contribution in [2.75, 3.05) is 10.6 Å². The van der Waals surface area contributed by atoms with E-state index in [9.17, 15) is 19.2 Å². The molecule has 0 saturated carbocycles. The summed E-state index contributed by atoms with van der Waals surface area (Å²) in [5, 5.41) is 5.35. The summed E-state index contributed by atoms with van der Waals surface area (Å²) in [7, 11) is 0. The van der Waals surface area contributed by atoms with Crippen LogP contribution in [0.15, 0.2) is 60.7 Å². The van der Waals surface area contributed by atoms with Crippen molar-refractivity contribution in [3.63, 3.8) is 0 Å². The summed E-state index contributed by atoms with van der Waals surface area (Å²) in [5.41, 5.74) is 4.29. The highest BCUT2D eigenvalue weighted by molar-refractivity contribution is 6.02. The highest BCUT2D eigenvalue weighted by atomic mass is 16.5. The number of aryl methyl sites for hydroxylation is 2. The first-order valence-corrected chi connectivity index (χ1v) is 11.3. The molecule has 3 aromatic rings. The van der Waals surface area contributed by atoms with Gasteiger partial charge in [-0.1, -0.05) is 42.5 Å². The van der Waals surface area contributed by atoms with Crippen LogP contribution in [-0.2, 0) is 32.3 Å². The molecular formula is C28H28N2O6. The van der Waals surface area contributed by atoms with E-state index in [0.717, 1.165) is 11.1 Å². The van der Waals surface area contributed by atoms with Crippen LogP contribution in [0.4, 0.5) is 11.4 Å². The molecule has 0 unspecified atom stereocenters. The second-order valence-corrected chi connectivity index (χ2v) is 8.33. The summed E-state index contributed by atoms with van der Waals surface area (Å²) >= 11 is 0. The number of amides is 2. The van der Waals surface area contributed by atoms with Crippen LogP contribution in [0.5, 0.6) is 0 Å². The number of carbonyl (C=O) groups is 4. The third-order valence-corrected chi connectivity index (χ3v) is 5.32. The molecule has 36 heavy (non-hydrogen) atoms. The van der Waals surface area contributed by atoms with E-state index in [1.54, 1.807) is 74.5 Å². The van der Waals surface area contributed by atoms with Crippen molar-refractivity contribution < 1.29 is 28.7 Å². The van der Waals surface area contributed by atoms with Crippen LogP contribution in [0.1, 0.15) is 56.8 Å². The van der Waals surface area contributed by atoms with Gasteiger partial charge in [0, 0.05) is 13.8 Å². The quantitative estimate of drug-likeness (QED) is 0.435. The van der Waals surface area contributed by atoms with Crippen molar-refractivity contribution in [3.05, 3.63) is 94.0 Å². The van der Waals surface area contributed by atoms with E-state index in [1.807, 2.05) is 0 Å². The summed E-state index contributed by atoms with van der Waals surface area (Å²) in [4.78, 5) is 48.4. The Hall–Kier alpha value is -4.46. The Morgan fingerprint density at radius 2 is 1.03 bits per heavy atom. The van der Waals surface area contributed by atoms with Gasteiger partial charge in [-0.05, 0) is 54.3 Å². The maximum atomic E-state index is 12.7. The second kappa shape index (κ2) is 11.8. The Morgan fingerprint density at radius 1 is 0.639 bits per heavy atom. The molecule has 0 fully saturated rings. The number of esters is 2. The molecule has 0 heterocycles. The van der Waals surface area contributed by atoms with Crippen LogP contribution in [0.3, 0.4) is 0 Å². The summed E-state index contributed by atoms with van der Waals surface area (Å²) in [6.45, 7) is 6.33. The van der Waals surface area contributed by atoms with E-state index in [-0.39, 0.29) is 36.2 Å². The van der Waals surface area contributed by atoms with Gasteiger partial charge in [-0.3, -0.25) is 9.59 Å². The van der Waals surface area contributed by atoms with Crippen molar-refractivity contribution in [2.45, 2.75) is 40.9 Å². The Balaban J connectivity index is 1.65. The van der Waals surface area contributed by atoms with Crippen LogP contribution in [0.25, 0.3) is 0 Å². The lowest BCUT2D eigenvalue weighted by atomic mass is 10.1. The number of ether oxygens (including phenoxy) is 2. The molecule has 2 amide bonds. The average molecular weight is 489 g/mol. The zero-order valence-electron chi connectivity index (χ0n) is 20.6. The number of anilines is 2. The van der Waals surface area contributed by atoms with Gasteiger partial charge >= 0.3 is 11.9 Å². The van der Waals surface area contributed by atoms with Gasteiger partial charge in [0.2, 0.25) is 11.8 Å². The Bertz CT molecular complexity index is 1220. The minimum atomic E-state index is -0.566. The van der Waals surface area contributed by atoms with Gasteiger partial charge in [-0.15, -0.1) is 0 Å². The van der Waals surface area contributed by atoms with E-state index in [4.69, 9.17) is 9.47 Å². The van der Waals surface area contributed by atoms with Crippen molar-refractivity contribution in [3.8, 4) is 0 Å². The Kier molecular flexibility index (Phi) is 8.57. The topological polar surface area (TPSA) is 111 Å². The number of carbonyl (C=O) groups excluding carboxylic acids is 4. The van der Waals surface area contributed by atoms with Crippen LogP contribution in [-0.4, -0.2) is 23.8 Å². The van der Waals surface area contributed by atoms with E-state index >= 15 is 0 Å². The molecule has 0 atom stereocenters. The second-order valence-electron chi connectivity index (χ2n) is 8.33. The fourth-order valence-corrected chi connectivity index (χ4v) is 3.62. The van der Waals surface area contributed by atoms with E-state index in [2.05, 4.69) is 10.6 Å². The summed E-state index contributed by atoms with van der Waals surface area (Å²) in [5.74, 6) is -1.70. The SMILES string of the molecule is CC(=O)Nc1c(C)cccc1C(=O)OCc1cccc(COC(=O)c2cccc(C)c2NC(C)=O)c1. The molecule has 0 aromatic heterocycles. The maximum absolute atomic E-state index is 12.7. The summed E-state index contributed by atoms with van der Waals surface area (Å²) in [6, 6.07) is 17.3. The molecule has 3 rings (SSSR count). The molecule has 0 aliphatic rings. The predicted octanol–water partition coefficient (Wildman–Crippen LogP) is 4.93. The van der Waals surface area contributed by atoms with Gasteiger partial charge in [-0.25, -0.2) is 9.59 Å². The molecule has 0 saturated heterocycles. The van der Waals surface area contributed by atoms with E-state index < -0.39 is 11.9 Å². The van der Waals surface area contributed by atoms with Crippen LogP contribution < -0.4 is 10.6 Å². The fourth-order valence-electron chi connectivity index (χ4n) is 3.62. The minimum Gasteiger partial charge on any atom is -0.457 e. The molecular weight excluding hydrogens is 460 g/mol. The summed E-state index contributed by atoms with van der Waals surface area (Å²) in [6.07, 6.45) is 0. The molecule has 8 heteroatoms. The molecule has 0 bridgehead atoms. The zero-order chi connectivity index (χ0) is 26.2. The Labute approximate surface area is 209 Å². The van der Waals surface area contributed by atoms with Crippen molar-refractivity contribution >= 4 is 35.1 Å². The fraction of sp³-hybridized carbons (Fsp3) is 0.214. The van der Waals surface area contributed by atoms with Gasteiger partial charge in [-0.2, -0.15) is 0 Å². The van der Waals surface area contributed by atoms with Crippen molar-refractivity contribution in [1.29, 1.82) is 0 Å². The van der Waals surface area contributed by atoms with Gasteiger partial charge < -0.3 is 20.1 Å². The third-order valence-electron chi connectivity index (χ3n) is 5.32. The van der Waals surface area contributed by atoms with Gasteiger partial charge in [0.05, 0.1) is 22.5 Å². The number of benzene rings is 3. The maximum Gasteiger partial charge on any atom is 0.340 e. The molecule has 3 aromatic carbocycles. The highest BCUT2D eigenvalue weighted by Gasteiger charge is 2.17. The third kappa shape index (κ3) is 6.79. The van der Waals surface area contributed by atoms with Crippen molar-refractivity contribution in [2.24, 2.45) is 0 Å². The molecule has 0 aliphatic carbocycles. The van der Waals surface area contributed by atoms with E-state index in [1.165, 1.54) is 13.8 Å². The predicted molar refractivity (Wildman–Crippen MR) is 136 cm³/mol. The summed E-state index contributed by atoms with van der Waals surface area (Å²) < 4.78 is 10.9. The number of hydrogen-bond acceptors (Lipinski definition) is 6. The van der Waals surface area contributed by atoms with Gasteiger partial charge in [0.1, 0.15) is 13.2 Å². The first kappa shape index (κ1) is 26.2. The number of rotatable bonds is 8. The number of nitrogens with one attached hydrogen (secondary N) is 2. The molecule has 0 spiro atoms. The molecule has 2 N–H and O–H groups in total. The monoisotopic (exact) mass is 488 g/mol.